The van der Waals surface area contributed by atoms with Gasteiger partial charge in [0.05, 0.1) is 10.0 Å². The molecule has 0 aliphatic heterocycles. The van der Waals surface area contributed by atoms with Crippen molar-refractivity contribution >= 4 is 22.2 Å². The highest BCUT2D eigenvalue weighted by atomic mass is 79.9. The molecule has 3 nitrogen and oxygen atoms in total. The average molecular weight is 281 g/mol. The lowest BCUT2D eigenvalue weighted by Crippen LogP contribution is -1.81. The van der Waals surface area contributed by atoms with Crippen LogP contribution in [-0.2, 0) is 0 Å². The molecule has 1 aromatic heterocycles. The van der Waals surface area contributed by atoms with Gasteiger partial charge in [0.15, 0.2) is 12.0 Å². The van der Waals surface area contributed by atoms with E-state index in [9.17, 15) is 9.90 Å². The number of rotatable bonds is 2. The van der Waals surface area contributed by atoms with Gasteiger partial charge in [0, 0.05) is 0 Å². The van der Waals surface area contributed by atoms with E-state index in [0.29, 0.717) is 22.1 Å². The summed E-state index contributed by atoms with van der Waals surface area (Å²) in [6.45, 7) is 1.91. The summed E-state index contributed by atoms with van der Waals surface area (Å²) >= 11 is 3.26. The van der Waals surface area contributed by atoms with Crippen LogP contribution >= 0.6 is 15.9 Å². The Hall–Kier alpha value is -1.55. The van der Waals surface area contributed by atoms with Crippen LogP contribution < -0.4 is 0 Å². The molecule has 2 aromatic rings. The zero-order chi connectivity index (χ0) is 11.7. The molecule has 0 atom stereocenters. The van der Waals surface area contributed by atoms with Gasteiger partial charge in [0.1, 0.15) is 11.5 Å². The second-order valence-electron chi connectivity index (χ2n) is 3.46. The van der Waals surface area contributed by atoms with Gasteiger partial charge in [-0.2, -0.15) is 0 Å². The summed E-state index contributed by atoms with van der Waals surface area (Å²) in [5, 5.41) is 9.86. The SMILES string of the molecule is Cc1cc(Br)c(O)c(-c2ccc(C=O)o2)c1. The molecule has 0 amide bonds. The standard InChI is InChI=1S/C12H9BrO3/c1-7-4-9(12(15)10(13)5-7)11-3-2-8(6-14)16-11/h2-6,15H,1H3. The molecule has 0 fully saturated rings. The normalized spacial score (nSPS) is 10.4. The van der Waals surface area contributed by atoms with Crippen LogP contribution in [0.5, 0.6) is 5.75 Å². The first-order chi connectivity index (χ1) is 7.61. The maximum atomic E-state index is 10.5. The summed E-state index contributed by atoms with van der Waals surface area (Å²) in [6.07, 6.45) is 0.630. The Kier molecular flexibility index (Phi) is 2.83. The molecule has 0 saturated heterocycles. The van der Waals surface area contributed by atoms with Crippen molar-refractivity contribution < 1.29 is 14.3 Å². The second kappa shape index (κ2) is 4.14. The summed E-state index contributed by atoms with van der Waals surface area (Å²) in [7, 11) is 0. The van der Waals surface area contributed by atoms with Crippen molar-refractivity contribution in [3.05, 3.63) is 40.1 Å². The fraction of sp³-hybridized carbons (Fsp3) is 0.0833. The van der Waals surface area contributed by atoms with Crippen LogP contribution in [0.15, 0.2) is 33.2 Å². The van der Waals surface area contributed by atoms with E-state index in [1.807, 2.05) is 13.0 Å². The Balaban J connectivity index is 2.58. The quantitative estimate of drug-likeness (QED) is 0.856. The predicted octanol–water partition coefficient (Wildman–Crippen LogP) is 3.54. The fourth-order valence-corrected chi connectivity index (χ4v) is 2.06. The van der Waals surface area contributed by atoms with Crippen LogP contribution in [-0.4, -0.2) is 11.4 Å². The molecular weight excluding hydrogens is 272 g/mol. The molecule has 0 aliphatic carbocycles. The van der Waals surface area contributed by atoms with Crippen molar-refractivity contribution in [2.45, 2.75) is 6.92 Å². The third kappa shape index (κ3) is 1.88. The molecule has 0 radical (unpaired) electrons. The minimum absolute atomic E-state index is 0.109. The van der Waals surface area contributed by atoms with Gasteiger partial charge in [-0.05, 0) is 52.7 Å². The zero-order valence-corrected chi connectivity index (χ0v) is 10.1. The molecule has 0 aliphatic rings. The summed E-state index contributed by atoms with van der Waals surface area (Å²) in [5.74, 6) is 0.827. The fourth-order valence-electron chi connectivity index (χ4n) is 1.48. The number of phenolic OH excluding ortho intramolecular Hbond substituents is 1. The lowest BCUT2D eigenvalue weighted by Gasteiger charge is -2.05. The van der Waals surface area contributed by atoms with Gasteiger partial charge in [-0.15, -0.1) is 0 Å². The van der Waals surface area contributed by atoms with E-state index >= 15 is 0 Å². The first kappa shape index (κ1) is 11.0. The molecular formula is C12H9BrO3. The topological polar surface area (TPSA) is 50.4 Å². The number of benzene rings is 1. The number of aromatic hydroxyl groups is 1. The number of carbonyl (C=O) groups excluding carboxylic acids is 1. The van der Waals surface area contributed by atoms with E-state index in [-0.39, 0.29) is 11.5 Å². The summed E-state index contributed by atoms with van der Waals surface area (Å²) in [6, 6.07) is 6.83. The summed E-state index contributed by atoms with van der Waals surface area (Å²) in [4.78, 5) is 10.5. The average Bonchev–Trinajstić information content (AvgIpc) is 2.71. The van der Waals surface area contributed by atoms with Gasteiger partial charge >= 0.3 is 0 Å². The van der Waals surface area contributed by atoms with Crippen LogP contribution in [0.4, 0.5) is 0 Å². The van der Waals surface area contributed by atoms with Crippen LogP contribution in [0.1, 0.15) is 16.1 Å². The Labute approximate surface area is 101 Å². The highest BCUT2D eigenvalue weighted by Gasteiger charge is 2.12. The van der Waals surface area contributed by atoms with E-state index in [0.717, 1.165) is 5.56 Å². The molecule has 0 bridgehead atoms. The number of furan rings is 1. The van der Waals surface area contributed by atoms with Crippen LogP contribution in [0.25, 0.3) is 11.3 Å². The number of hydrogen-bond donors (Lipinski definition) is 1. The zero-order valence-electron chi connectivity index (χ0n) is 8.53. The third-order valence-corrected chi connectivity index (χ3v) is 2.82. The second-order valence-corrected chi connectivity index (χ2v) is 4.32. The molecule has 1 aromatic carbocycles. The highest BCUT2D eigenvalue weighted by Crippen LogP contribution is 2.37. The van der Waals surface area contributed by atoms with Crippen molar-refractivity contribution in [3.8, 4) is 17.1 Å². The number of halogens is 1. The van der Waals surface area contributed by atoms with Crippen LogP contribution in [0.2, 0.25) is 0 Å². The van der Waals surface area contributed by atoms with Crippen molar-refractivity contribution in [1.29, 1.82) is 0 Å². The number of hydrogen-bond acceptors (Lipinski definition) is 3. The summed E-state index contributed by atoms with van der Waals surface area (Å²) < 4.78 is 5.86. The highest BCUT2D eigenvalue weighted by molar-refractivity contribution is 9.10. The molecule has 0 spiro atoms. The van der Waals surface area contributed by atoms with Gasteiger partial charge in [-0.1, -0.05) is 0 Å². The first-order valence-electron chi connectivity index (χ1n) is 4.66. The van der Waals surface area contributed by atoms with Crippen LogP contribution in [0.3, 0.4) is 0 Å². The van der Waals surface area contributed by atoms with E-state index < -0.39 is 0 Å². The first-order valence-corrected chi connectivity index (χ1v) is 5.45. The van der Waals surface area contributed by atoms with E-state index in [1.165, 1.54) is 0 Å². The van der Waals surface area contributed by atoms with Gasteiger partial charge in [-0.3, -0.25) is 4.79 Å². The van der Waals surface area contributed by atoms with Gasteiger partial charge < -0.3 is 9.52 Å². The minimum atomic E-state index is 0.109. The van der Waals surface area contributed by atoms with Gasteiger partial charge in [0.25, 0.3) is 0 Å². The minimum Gasteiger partial charge on any atom is -0.506 e. The molecule has 1 heterocycles. The van der Waals surface area contributed by atoms with E-state index in [4.69, 9.17) is 4.42 Å². The molecule has 82 valence electrons. The Morgan fingerprint density at radius 2 is 2.12 bits per heavy atom. The largest absolute Gasteiger partial charge is 0.506 e. The monoisotopic (exact) mass is 280 g/mol. The van der Waals surface area contributed by atoms with Crippen molar-refractivity contribution in [2.75, 3.05) is 0 Å². The Bertz CT molecular complexity index is 543. The molecule has 2 rings (SSSR count). The lowest BCUT2D eigenvalue weighted by molar-refractivity contribution is 0.110. The molecule has 0 unspecified atom stereocenters. The van der Waals surface area contributed by atoms with Crippen molar-refractivity contribution in [2.24, 2.45) is 0 Å². The number of carbonyl (C=O) groups is 1. The summed E-state index contributed by atoms with van der Waals surface area (Å²) in [5.41, 5.74) is 1.56. The molecule has 4 heteroatoms. The van der Waals surface area contributed by atoms with Crippen LogP contribution in [0, 0.1) is 6.92 Å². The van der Waals surface area contributed by atoms with E-state index in [2.05, 4.69) is 15.9 Å². The van der Waals surface area contributed by atoms with Gasteiger partial charge in [0.2, 0.25) is 0 Å². The number of aryl methyl sites for hydroxylation is 1. The maximum absolute atomic E-state index is 10.5. The lowest BCUT2D eigenvalue weighted by atomic mass is 10.1. The number of phenols is 1. The van der Waals surface area contributed by atoms with Crippen molar-refractivity contribution in [1.82, 2.24) is 0 Å². The van der Waals surface area contributed by atoms with Crippen molar-refractivity contribution in [3.63, 3.8) is 0 Å². The number of aldehydes is 1. The molecule has 0 saturated carbocycles. The maximum Gasteiger partial charge on any atom is 0.185 e. The predicted molar refractivity (Wildman–Crippen MR) is 63.6 cm³/mol. The Morgan fingerprint density at radius 1 is 1.38 bits per heavy atom. The smallest absolute Gasteiger partial charge is 0.185 e. The molecule has 16 heavy (non-hydrogen) atoms. The van der Waals surface area contributed by atoms with E-state index in [1.54, 1.807) is 18.2 Å². The van der Waals surface area contributed by atoms with Gasteiger partial charge in [-0.25, -0.2) is 0 Å². The third-order valence-electron chi connectivity index (χ3n) is 2.22. The Morgan fingerprint density at radius 3 is 2.75 bits per heavy atom. The molecule has 1 N–H and O–H groups in total.